The van der Waals surface area contributed by atoms with E-state index in [2.05, 4.69) is 10.3 Å². The highest BCUT2D eigenvalue weighted by molar-refractivity contribution is 7.09. The van der Waals surface area contributed by atoms with E-state index in [4.69, 9.17) is 4.42 Å². The van der Waals surface area contributed by atoms with Gasteiger partial charge < -0.3 is 9.73 Å². The highest BCUT2D eigenvalue weighted by atomic mass is 32.1. The molecule has 0 saturated carbocycles. The number of hydrogen-bond donors (Lipinski definition) is 1. The number of benzene rings is 1. The van der Waals surface area contributed by atoms with Gasteiger partial charge in [-0.05, 0) is 19.1 Å². The summed E-state index contributed by atoms with van der Waals surface area (Å²) >= 11 is 1.50. The average molecular weight is 314 g/mol. The van der Waals surface area contributed by atoms with Crippen molar-refractivity contribution in [3.63, 3.8) is 0 Å². The number of ketones is 1. The molecule has 112 valence electrons. The number of thiazole rings is 1. The van der Waals surface area contributed by atoms with Gasteiger partial charge in [0.2, 0.25) is 5.91 Å². The molecule has 0 spiro atoms. The van der Waals surface area contributed by atoms with Crippen LogP contribution in [0.5, 0.6) is 0 Å². The number of hydrogen-bond acceptors (Lipinski definition) is 5. The van der Waals surface area contributed by atoms with Crippen molar-refractivity contribution in [1.82, 2.24) is 4.98 Å². The molecule has 2 aromatic heterocycles. The Labute approximate surface area is 131 Å². The fourth-order valence-electron chi connectivity index (χ4n) is 2.26. The fourth-order valence-corrected chi connectivity index (χ4v) is 2.87. The van der Waals surface area contributed by atoms with Crippen LogP contribution in [0.2, 0.25) is 0 Å². The molecule has 0 aliphatic carbocycles. The van der Waals surface area contributed by atoms with Crippen molar-refractivity contribution < 1.29 is 14.0 Å². The number of carbonyl (C=O) groups excluding carboxylic acids is 2. The van der Waals surface area contributed by atoms with E-state index in [1.165, 1.54) is 18.3 Å². The lowest BCUT2D eigenvalue weighted by Gasteiger charge is -2.03. The quantitative estimate of drug-likeness (QED) is 0.747. The van der Waals surface area contributed by atoms with Crippen LogP contribution in [0.25, 0.3) is 11.0 Å². The van der Waals surface area contributed by atoms with E-state index in [9.17, 15) is 9.59 Å². The van der Waals surface area contributed by atoms with Gasteiger partial charge >= 0.3 is 0 Å². The SMILES string of the molecule is CC(=O)c1oc2ccccc2c1NC(=O)Cc1csc(C)n1. The molecule has 5 nitrogen and oxygen atoms in total. The van der Waals surface area contributed by atoms with Crippen LogP contribution in [-0.2, 0) is 11.2 Å². The zero-order valence-corrected chi connectivity index (χ0v) is 13.0. The molecule has 6 heteroatoms. The van der Waals surface area contributed by atoms with E-state index < -0.39 is 0 Å². The lowest BCUT2D eigenvalue weighted by Crippen LogP contribution is -2.16. The number of Topliss-reactive ketones (excluding diaryl/α,β-unsaturated/α-hetero) is 1. The number of aromatic nitrogens is 1. The van der Waals surface area contributed by atoms with E-state index in [1.54, 1.807) is 6.07 Å². The standard InChI is InChI=1S/C16H14N2O3S/c1-9(19)16-15(12-5-3-4-6-13(12)21-16)18-14(20)7-11-8-22-10(2)17-11/h3-6,8H,7H2,1-2H3,(H,18,20). The third-order valence-electron chi connectivity index (χ3n) is 3.19. The Hall–Kier alpha value is -2.47. The highest BCUT2D eigenvalue weighted by Crippen LogP contribution is 2.31. The maximum absolute atomic E-state index is 12.2. The summed E-state index contributed by atoms with van der Waals surface area (Å²) < 4.78 is 5.54. The second-order valence-corrected chi connectivity index (χ2v) is 6.00. The van der Waals surface area contributed by atoms with E-state index in [0.29, 0.717) is 11.3 Å². The van der Waals surface area contributed by atoms with Crippen LogP contribution in [0, 0.1) is 6.92 Å². The van der Waals surface area contributed by atoms with Crippen molar-refractivity contribution in [2.75, 3.05) is 5.32 Å². The van der Waals surface area contributed by atoms with Gasteiger partial charge in [0.15, 0.2) is 11.5 Å². The zero-order valence-electron chi connectivity index (χ0n) is 12.2. The van der Waals surface area contributed by atoms with Crippen molar-refractivity contribution in [3.8, 4) is 0 Å². The summed E-state index contributed by atoms with van der Waals surface area (Å²) in [7, 11) is 0. The Bertz CT molecular complexity index is 863. The first-order valence-electron chi connectivity index (χ1n) is 6.78. The van der Waals surface area contributed by atoms with Gasteiger partial charge in [-0.2, -0.15) is 0 Å². The van der Waals surface area contributed by atoms with Crippen molar-refractivity contribution in [3.05, 3.63) is 46.1 Å². The molecule has 0 aliphatic rings. The summed E-state index contributed by atoms with van der Waals surface area (Å²) in [4.78, 5) is 28.2. The molecule has 1 amide bonds. The summed E-state index contributed by atoms with van der Waals surface area (Å²) in [6.07, 6.45) is 0.168. The van der Waals surface area contributed by atoms with Gasteiger partial charge in [-0.3, -0.25) is 9.59 Å². The maximum atomic E-state index is 12.2. The van der Waals surface area contributed by atoms with Crippen LogP contribution < -0.4 is 5.32 Å². The van der Waals surface area contributed by atoms with Gasteiger partial charge in [0.05, 0.1) is 22.8 Å². The van der Waals surface area contributed by atoms with E-state index >= 15 is 0 Å². The number of nitrogens with one attached hydrogen (secondary N) is 1. The maximum Gasteiger partial charge on any atom is 0.230 e. The first-order valence-corrected chi connectivity index (χ1v) is 7.66. The predicted molar refractivity (Wildman–Crippen MR) is 85.4 cm³/mol. The molecule has 0 saturated heterocycles. The molecule has 2 heterocycles. The van der Waals surface area contributed by atoms with Crippen LogP contribution in [-0.4, -0.2) is 16.7 Å². The summed E-state index contributed by atoms with van der Waals surface area (Å²) in [5.74, 6) is -0.278. The van der Waals surface area contributed by atoms with Gasteiger partial charge in [-0.1, -0.05) is 12.1 Å². The van der Waals surface area contributed by atoms with Gasteiger partial charge in [0, 0.05) is 17.7 Å². The molecule has 22 heavy (non-hydrogen) atoms. The smallest absolute Gasteiger partial charge is 0.230 e. The third kappa shape index (κ3) is 2.78. The second kappa shape index (κ2) is 5.73. The Balaban J connectivity index is 1.90. The average Bonchev–Trinajstić information content (AvgIpc) is 3.03. The second-order valence-electron chi connectivity index (χ2n) is 4.94. The number of furan rings is 1. The predicted octanol–water partition coefficient (Wildman–Crippen LogP) is 3.58. The minimum absolute atomic E-state index is 0.168. The summed E-state index contributed by atoms with van der Waals surface area (Å²) in [5, 5.41) is 6.27. The molecule has 1 N–H and O–H groups in total. The molecule has 0 atom stereocenters. The van der Waals surface area contributed by atoms with E-state index in [1.807, 2.05) is 30.5 Å². The molecular formula is C16H14N2O3S. The third-order valence-corrected chi connectivity index (χ3v) is 4.01. The topological polar surface area (TPSA) is 72.2 Å². The van der Waals surface area contributed by atoms with Crippen LogP contribution in [0.15, 0.2) is 34.1 Å². The number of aryl methyl sites for hydroxylation is 1. The molecular weight excluding hydrogens is 300 g/mol. The summed E-state index contributed by atoms with van der Waals surface area (Å²) in [6.45, 7) is 3.31. The van der Waals surface area contributed by atoms with Crippen LogP contribution >= 0.6 is 11.3 Å². The molecule has 0 aliphatic heterocycles. The molecule has 0 fully saturated rings. The number of anilines is 1. The Morgan fingerprint density at radius 2 is 2.09 bits per heavy atom. The van der Waals surface area contributed by atoms with Gasteiger partial charge in [-0.15, -0.1) is 11.3 Å². The first kappa shape index (κ1) is 14.5. The molecule has 1 aromatic carbocycles. The van der Waals surface area contributed by atoms with Gasteiger partial charge in [0.25, 0.3) is 0 Å². The van der Waals surface area contributed by atoms with Crippen LogP contribution in [0.4, 0.5) is 5.69 Å². The molecule has 0 unspecified atom stereocenters. The lowest BCUT2D eigenvalue weighted by molar-refractivity contribution is -0.115. The molecule has 0 radical (unpaired) electrons. The van der Waals surface area contributed by atoms with Crippen molar-refractivity contribution in [2.45, 2.75) is 20.3 Å². The van der Waals surface area contributed by atoms with Crippen LogP contribution in [0.3, 0.4) is 0 Å². The molecule has 3 rings (SSSR count). The minimum atomic E-state index is -0.226. The largest absolute Gasteiger partial charge is 0.451 e. The van der Waals surface area contributed by atoms with Crippen molar-refractivity contribution in [1.29, 1.82) is 0 Å². The van der Waals surface area contributed by atoms with E-state index in [-0.39, 0.29) is 23.9 Å². The highest BCUT2D eigenvalue weighted by Gasteiger charge is 2.19. The Morgan fingerprint density at radius 1 is 1.32 bits per heavy atom. The summed E-state index contributed by atoms with van der Waals surface area (Å²) in [6, 6.07) is 7.23. The van der Waals surface area contributed by atoms with Crippen molar-refractivity contribution >= 4 is 39.7 Å². The lowest BCUT2D eigenvalue weighted by atomic mass is 10.2. The molecule has 0 bridgehead atoms. The molecule has 3 aromatic rings. The van der Waals surface area contributed by atoms with Gasteiger partial charge in [0.1, 0.15) is 5.58 Å². The number of carbonyl (C=O) groups is 2. The number of para-hydroxylation sites is 1. The first-order chi connectivity index (χ1) is 10.5. The van der Waals surface area contributed by atoms with E-state index in [0.717, 1.165) is 16.1 Å². The normalized spacial score (nSPS) is 10.8. The zero-order chi connectivity index (χ0) is 15.7. The van der Waals surface area contributed by atoms with Gasteiger partial charge in [-0.25, -0.2) is 4.98 Å². The number of rotatable bonds is 4. The number of amides is 1. The van der Waals surface area contributed by atoms with Crippen LogP contribution in [0.1, 0.15) is 28.2 Å². The van der Waals surface area contributed by atoms with Crippen molar-refractivity contribution in [2.24, 2.45) is 0 Å². The Morgan fingerprint density at radius 3 is 2.77 bits per heavy atom. The fraction of sp³-hybridized carbons (Fsp3) is 0.188. The number of fused-ring (bicyclic) bond motifs is 1. The minimum Gasteiger partial charge on any atom is -0.451 e. The Kier molecular flexibility index (Phi) is 3.77. The number of nitrogens with zero attached hydrogens (tertiary/aromatic N) is 1. The monoisotopic (exact) mass is 314 g/mol. The summed E-state index contributed by atoms with van der Waals surface area (Å²) in [5.41, 5.74) is 1.73.